The molecule has 0 bridgehead atoms. The van der Waals surface area contributed by atoms with Crippen LogP contribution in [0.3, 0.4) is 0 Å². The van der Waals surface area contributed by atoms with E-state index < -0.39 is 26.5 Å². The van der Waals surface area contributed by atoms with Crippen LogP contribution in [0, 0.1) is 17.0 Å². The van der Waals surface area contributed by atoms with E-state index in [4.69, 9.17) is 4.18 Å². The Morgan fingerprint density at radius 3 is 2.52 bits per heavy atom. The van der Waals surface area contributed by atoms with Crippen molar-refractivity contribution in [3.8, 4) is 0 Å². The third kappa shape index (κ3) is 4.26. The Hall–Kier alpha value is -3.34. The maximum atomic E-state index is 13.3. The van der Waals surface area contributed by atoms with E-state index in [1.165, 1.54) is 60.6 Å². The van der Waals surface area contributed by atoms with Crippen LogP contribution in [-0.2, 0) is 14.3 Å². The van der Waals surface area contributed by atoms with Gasteiger partial charge in [0.15, 0.2) is 5.72 Å². The molecule has 1 heterocycles. The molecule has 0 fully saturated rings. The summed E-state index contributed by atoms with van der Waals surface area (Å²) < 4.78 is 31.5. The second-order valence-corrected chi connectivity index (χ2v) is 8.57. The van der Waals surface area contributed by atoms with E-state index >= 15 is 0 Å². The van der Waals surface area contributed by atoms with Crippen LogP contribution in [0.4, 0.5) is 5.69 Å². The van der Waals surface area contributed by atoms with Gasteiger partial charge in [-0.25, -0.2) is 4.18 Å². The number of rotatable bonds is 8. The molecule has 0 radical (unpaired) electrons. The molecule has 2 aromatic rings. The zero-order valence-electron chi connectivity index (χ0n) is 16.9. The van der Waals surface area contributed by atoms with Crippen molar-refractivity contribution < 1.29 is 22.3 Å². The molecule has 3 rings (SSSR count). The Labute approximate surface area is 179 Å². The summed E-state index contributed by atoms with van der Waals surface area (Å²) in [6.07, 6.45) is 2.78. The normalized spacial score (nSPS) is 18.8. The molecule has 0 aliphatic carbocycles. The van der Waals surface area contributed by atoms with Crippen LogP contribution in [0.15, 0.2) is 77.9 Å². The molecule has 1 N–H and O–H groups in total. The van der Waals surface area contributed by atoms with Gasteiger partial charge in [0.2, 0.25) is 5.78 Å². The molecule has 1 unspecified atom stereocenters. The monoisotopic (exact) mass is 443 g/mol. The predicted octanol–water partition coefficient (Wildman–Crippen LogP) is 3.10. The average Bonchev–Trinajstić information content (AvgIpc) is 3.03. The highest BCUT2D eigenvalue weighted by molar-refractivity contribution is 7.86. The SMILES string of the molecule is C=CCN1NC=C(C(=O)c2ccccc2[N+](=O)[O-])C1(C)OS(=O)(=O)c1ccc(C)cc1. The van der Waals surface area contributed by atoms with Crippen LogP contribution in [-0.4, -0.2) is 36.4 Å². The molecule has 162 valence electrons. The number of hydrazine groups is 1. The first kappa shape index (κ1) is 22.3. The summed E-state index contributed by atoms with van der Waals surface area (Å²) in [5, 5.41) is 12.7. The van der Waals surface area contributed by atoms with Gasteiger partial charge in [-0.05, 0) is 32.0 Å². The van der Waals surface area contributed by atoms with Crippen molar-refractivity contribution in [3.63, 3.8) is 0 Å². The summed E-state index contributed by atoms with van der Waals surface area (Å²) in [6, 6.07) is 11.5. The van der Waals surface area contributed by atoms with Crippen molar-refractivity contribution in [2.45, 2.75) is 24.5 Å². The van der Waals surface area contributed by atoms with Crippen LogP contribution in [0.25, 0.3) is 0 Å². The number of hydrogen-bond donors (Lipinski definition) is 1. The number of para-hydroxylation sites is 1. The van der Waals surface area contributed by atoms with E-state index in [2.05, 4.69) is 12.0 Å². The lowest BCUT2D eigenvalue weighted by molar-refractivity contribution is -0.385. The number of hydrogen-bond acceptors (Lipinski definition) is 8. The Bertz CT molecular complexity index is 1170. The van der Waals surface area contributed by atoms with Gasteiger partial charge < -0.3 is 5.43 Å². The first-order chi connectivity index (χ1) is 14.6. The lowest BCUT2D eigenvalue weighted by atomic mass is 9.95. The first-order valence-electron chi connectivity index (χ1n) is 9.26. The van der Waals surface area contributed by atoms with Crippen LogP contribution >= 0.6 is 0 Å². The zero-order chi connectivity index (χ0) is 22.8. The highest BCUT2D eigenvalue weighted by atomic mass is 32.2. The number of carbonyl (C=O) groups is 1. The number of nitro groups is 1. The first-order valence-corrected chi connectivity index (χ1v) is 10.7. The topological polar surface area (TPSA) is 119 Å². The van der Waals surface area contributed by atoms with Crippen LogP contribution in [0.2, 0.25) is 0 Å². The molecule has 9 nitrogen and oxygen atoms in total. The van der Waals surface area contributed by atoms with Crippen molar-refractivity contribution in [3.05, 3.63) is 94.2 Å². The third-order valence-electron chi connectivity index (χ3n) is 4.86. The number of nitrogens with one attached hydrogen (secondary N) is 1. The molecule has 0 saturated carbocycles. The molecule has 1 aliphatic heterocycles. The number of carbonyl (C=O) groups excluding carboxylic acids is 1. The van der Waals surface area contributed by atoms with E-state index in [0.717, 1.165) is 5.56 Å². The Kier molecular flexibility index (Phi) is 6.07. The summed E-state index contributed by atoms with van der Waals surface area (Å²) in [6.45, 7) is 6.98. The Morgan fingerprint density at radius 2 is 1.90 bits per heavy atom. The van der Waals surface area contributed by atoms with Crippen molar-refractivity contribution in [1.82, 2.24) is 10.4 Å². The van der Waals surface area contributed by atoms with Gasteiger partial charge in [0.1, 0.15) is 5.56 Å². The Balaban J connectivity index is 2.05. The largest absolute Gasteiger partial charge is 0.322 e. The highest BCUT2D eigenvalue weighted by Gasteiger charge is 2.48. The van der Waals surface area contributed by atoms with E-state index in [-0.39, 0.29) is 28.3 Å². The summed E-state index contributed by atoms with van der Waals surface area (Å²) in [7, 11) is -4.29. The quantitative estimate of drug-likeness (QED) is 0.217. The molecule has 1 aliphatic rings. The number of Topliss-reactive ketones (excluding diaryl/α,β-unsaturated/α-hetero) is 1. The molecule has 0 spiro atoms. The molecule has 31 heavy (non-hydrogen) atoms. The molecule has 10 heteroatoms. The van der Waals surface area contributed by atoms with Gasteiger partial charge in [-0.1, -0.05) is 35.9 Å². The standard InChI is InChI=1S/C21H21N3O6S/c1-4-13-23-21(3,30-31(28,29)16-11-9-15(2)10-12-16)18(14-22-23)20(25)17-7-5-6-8-19(17)24(26)27/h4-12,14,22H,1,13H2,2-3H3. The highest BCUT2D eigenvalue weighted by Crippen LogP contribution is 2.36. The Morgan fingerprint density at radius 1 is 1.26 bits per heavy atom. The second kappa shape index (κ2) is 8.42. The number of nitrogens with zero attached hydrogens (tertiary/aromatic N) is 2. The fourth-order valence-corrected chi connectivity index (χ4v) is 4.38. The van der Waals surface area contributed by atoms with Crippen molar-refractivity contribution in [2.24, 2.45) is 0 Å². The predicted molar refractivity (Wildman–Crippen MR) is 113 cm³/mol. The van der Waals surface area contributed by atoms with Crippen molar-refractivity contribution in [1.29, 1.82) is 0 Å². The van der Waals surface area contributed by atoms with Gasteiger partial charge in [-0.3, -0.25) is 14.9 Å². The molecule has 2 aromatic carbocycles. The lowest BCUT2D eigenvalue weighted by Crippen LogP contribution is -2.52. The van der Waals surface area contributed by atoms with Gasteiger partial charge in [0.25, 0.3) is 15.8 Å². The van der Waals surface area contributed by atoms with E-state index in [0.29, 0.717) is 0 Å². The number of ketones is 1. The van der Waals surface area contributed by atoms with Crippen LogP contribution < -0.4 is 5.43 Å². The van der Waals surface area contributed by atoms with E-state index in [1.54, 1.807) is 12.1 Å². The lowest BCUT2D eigenvalue weighted by Gasteiger charge is -2.34. The van der Waals surface area contributed by atoms with Crippen LogP contribution in [0.5, 0.6) is 0 Å². The molecular formula is C21H21N3O6S. The maximum absolute atomic E-state index is 13.3. The van der Waals surface area contributed by atoms with Gasteiger partial charge in [-0.2, -0.15) is 13.4 Å². The minimum absolute atomic E-state index is 0.0812. The van der Waals surface area contributed by atoms with Gasteiger partial charge in [0.05, 0.1) is 15.4 Å². The fraction of sp³-hybridized carbons (Fsp3) is 0.190. The summed E-state index contributed by atoms with van der Waals surface area (Å²) in [5.41, 5.74) is 1.23. The van der Waals surface area contributed by atoms with Crippen LogP contribution in [0.1, 0.15) is 22.8 Å². The fourth-order valence-electron chi connectivity index (χ4n) is 3.20. The molecule has 0 saturated heterocycles. The summed E-state index contributed by atoms with van der Waals surface area (Å²) >= 11 is 0. The number of nitro benzene ring substituents is 1. The summed E-state index contributed by atoms with van der Waals surface area (Å²) in [4.78, 5) is 23.9. The molecule has 0 amide bonds. The van der Waals surface area contributed by atoms with Crippen molar-refractivity contribution >= 4 is 21.6 Å². The minimum Gasteiger partial charge on any atom is -0.322 e. The van der Waals surface area contributed by atoms with Gasteiger partial charge in [-0.15, -0.1) is 6.58 Å². The zero-order valence-corrected chi connectivity index (χ0v) is 17.8. The van der Waals surface area contributed by atoms with Gasteiger partial charge >= 0.3 is 0 Å². The van der Waals surface area contributed by atoms with Crippen molar-refractivity contribution in [2.75, 3.05) is 6.54 Å². The minimum atomic E-state index is -4.29. The average molecular weight is 443 g/mol. The maximum Gasteiger partial charge on any atom is 0.299 e. The van der Waals surface area contributed by atoms with E-state index in [1.807, 2.05) is 6.92 Å². The van der Waals surface area contributed by atoms with Gasteiger partial charge in [0, 0.05) is 18.8 Å². The third-order valence-corrected chi connectivity index (χ3v) is 6.26. The number of aryl methyl sites for hydroxylation is 1. The molecule has 0 aromatic heterocycles. The summed E-state index contributed by atoms with van der Waals surface area (Å²) in [5.74, 6) is -0.729. The molecule has 1 atom stereocenters. The second-order valence-electron chi connectivity index (χ2n) is 7.02. The smallest absolute Gasteiger partial charge is 0.299 e. The van der Waals surface area contributed by atoms with E-state index in [9.17, 15) is 23.3 Å². The number of benzene rings is 2. The molecular weight excluding hydrogens is 422 g/mol.